The smallest absolute Gasteiger partial charge is 0.157 e. The monoisotopic (exact) mass is 289 g/mol. The molecule has 114 valence electrons. The highest BCUT2D eigenvalue weighted by Crippen LogP contribution is 2.26. The highest BCUT2D eigenvalue weighted by molar-refractivity contribution is 5.54. The highest BCUT2D eigenvalue weighted by atomic mass is 16.5. The van der Waals surface area contributed by atoms with Crippen LogP contribution in [0.1, 0.15) is 18.4 Å². The van der Waals surface area contributed by atoms with E-state index in [0.29, 0.717) is 6.04 Å². The maximum Gasteiger partial charge on any atom is 0.157 e. The summed E-state index contributed by atoms with van der Waals surface area (Å²) in [6.45, 7) is 5.82. The van der Waals surface area contributed by atoms with Crippen LogP contribution in [0.15, 0.2) is 18.5 Å². The molecule has 2 aromatic rings. The van der Waals surface area contributed by atoms with Crippen molar-refractivity contribution in [1.29, 1.82) is 0 Å². The van der Waals surface area contributed by atoms with Crippen LogP contribution < -0.4 is 10.2 Å². The summed E-state index contributed by atoms with van der Waals surface area (Å²) in [5.74, 6) is 1.15. The van der Waals surface area contributed by atoms with Crippen LogP contribution in [0.4, 0.5) is 5.82 Å². The minimum atomic E-state index is 0.510. The first-order valence-corrected chi connectivity index (χ1v) is 7.56. The molecule has 0 aliphatic carbocycles. The maximum absolute atomic E-state index is 5.08. The van der Waals surface area contributed by atoms with Gasteiger partial charge in [0.15, 0.2) is 5.65 Å². The van der Waals surface area contributed by atoms with Gasteiger partial charge in [-0.05, 0) is 37.5 Å². The third-order valence-corrected chi connectivity index (χ3v) is 4.04. The molecule has 6 nitrogen and oxygen atoms in total. The Bertz CT molecular complexity index is 597. The van der Waals surface area contributed by atoms with Gasteiger partial charge in [0.25, 0.3) is 0 Å². The SMILES string of the molecule is COCCNCC1CCCN1c1cc(C)cc2ncnn12. The number of methoxy groups -OCH3 is 1. The number of pyridine rings is 1. The van der Waals surface area contributed by atoms with Crippen molar-refractivity contribution in [3.63, 3.8) is 0 Å². The van der Waals surface area contributed by atoms with Crippen LogP contribution >= 0.6 is 0 Å². The van der Waals surface area contributed by atoms with Crippen LogP contribution in [0.5, 0.6) is 0 Å². The molecule has 1 aliphatic heterocycles. The molecule has 2 aromatic heterocycles. The average molecular weight is 289 g/mol. The lowest BCUT2D eigenvalue weighted by atomic mass is 10.2. The maximum atomic E-state index is 5.08. The number of aromatic nitrogens is 3. The van der Waals surface area contributed by atoms with E-state index in [4.69, 9.17) is 4.74 Å². The van der Waals surface area contributed by atoms with E-state index in [-0.39, 0.29) is 0 Å². The number of anilines is 1. The number of fused-ring (bicyclic) bond motifs is 1. The fraction of sp³-hybridized carbons (Fsp3) is 0.600. The lowest BCUT2D eigenvalue weighted by Crippen LogP contribution is -2.39. The van der Waals surface area contributed by atoms with Crippen molar-refractivity contribution in [3.8, 4) is 0 Å². The van der Waals surface area contributed by atoms with Crippen LogP contribution in [0.3, 0.4) is 0 Å². The average Bonchev–Trinajstić information content (AvgIpc) is 3.11. The standard InChI is InChI=1S/C15H23N5O/c1-12-8-14-17-11-18-20(14)15(9-12)19-6-3-4-13(19)10-16-5-7-21-2/h8-9,11,13,16H,3-7,10H2,1-2H3. The second-order valence-electron chi connectivity index (χ2n) is 5.61. The Hall–Kier alpha value is -1.66. The summed E-state index contributed by atoms with van der Waals surface area (Å²) in [4.78, 5) is 6.77. The molecule has 1 unspecified atom stereocenters. The normalized spacial score (nSPS) is 18.8. The first-order chi connectivity index (χ1) is 10.3. The van der Waals surface area contributed by atoms with Crippen molar-refractivity contribution in [2.45, 2.75) is 25.8 Å². The van der Waals surface area contributed by atoms with Gasteiger partial charge in [-0.2, -0.15) is 9.61 Å². The largest absolute Gasteiger partial charge is 0.383 e. The molecule has 0 spiro atoms. The Balaban J connectivity index is 1.78. The molecule has 0 aromatic carbocycles. The van der Waals surface area contributed by atoms with Crippen molar-refractivity contribution in [2.75, 3.05) is 38.3 Å². The molecule has 21 heavy (non-hydrogen) atoms. The Morgan fingerprint density at radius 2 is 2.33 bits per heavy atom. The van der Waals surface area contributed by atoms with Gasteiger partial charge in [-0.3, -0.25) is 0 Å². The van der Waals surface area contributed by atoms with Crippen molar-refractivity contribution >= 4 is 11.5 Å². The molecule has 1 N–H and O–H groups in total. The number of ether oxygens (including phenoxy) is 1. The van der Waals surface area contributed by atoms with Gasteiger partial charge < -0.3 is 15.0 Å². The summed E-state index contributed by atoms with van der Waals surface area (Å²) in [5, 5.41) is 7.84. The summed E-state index contributed by atoms with van der Waals surface area (Å²) in [6, 6.07) is 4.78. The zero-order chi connectivity index (χ0) is 14.7. The number of rotatable bonds is 6. The predicted octanol–water partition coefficient (Wildman–Crippen LogP) is 1.24. The van der Waals surface area contributed by atoms with Crippen molar-refractivity contribution < 1.29 is 4.74 Å². The summed E-state index contributed by atoms with van der Waals surface area (Å²) < 4.78 is 7.03. The molecule has 1 aliphatic rings. The molecular formula is C15H23N5O. The molecule has 3 heterocycles. The quantitative estimate of drug-likeness (QED) is 0.811. The van der Waals surface area contributed by atoms with Crippen molar-refractivity contribution in [3.05, 3.63) is 24.0 Å². The fourth-order valence-corrected chi connectivity index (χ4v) is 3.03. The Kier molecular flexibility index (Phi) is 4.36. The van der Waals surface area contributed by atoms with E-state index in [1.807, 2.05) is 4.52 Å². The van der Waals surface area contributed by atoms with Crippen molar-refractivity contribution in [2.24, 2.45) is 0 Å². The minimum Gasteiger partial charge on any atom is -0.383 e. The van der Waals surface area contributed by atoms with E-state index in [9.17, 15) is 0 Å². The zero-order valence-corrected chi connectivity index (χ0v) is 12.7. The van der Waals surface area contributed by atoms with Gasteiger partial charge in [-0.1, -0.05) is 0 Å². The molecule has 0 saturated carbocycles. The van der Waals surface area contributed by atoms with E-state index in [2.05, 4.69) is 39.4 Å². The van der Waals surface area contributed by atoms with Gasteiger partial charge in [-0.25, -0.2) is 4.98 Å². The summed E-state index contributed by atoms with van der Waals surface area (Å²) in [5.41, 5.74) is 2.14. The van der Waals surface area contributed by atoms with E-state index in [0.717, 1.165) is 37.7 Å². The first kappa shape index (κ1) is 14.3. The van der Waals surface area contributed by atoms with Crippen LogP contribution in [0.25, 0.3) is 5.65 Å². The number of hydrogen-bond acceptors (Lipinski definition) is 5. The van der Waals surface area contributed by atoms with E-state index in [1.54, 1.807) is 13.4 Å². The van der Waals surface area contributed by atoms with Gasteiger partial charge in [0.05, 0.1) is 6.61 Å². The summed E-state index contributed by atoms with van der Waals surface area (Å²) in [7, 11) is 1.73. The Morgan fingerprint density at radius 3 is 3.19 bits per heavy atom. The van der Waals surface area contributed by atoms with Crippen molar-refractivity contribution in [1.82, 2.24) is 19.9 Å². The molecule has 0 amide bonds. The zero-order valence-electron chi connectivity index (χ0n) is 12.7. The molecular weight excluding hydrogens is 266 g/mol. The van der Waals surface area contributed by atoms with E-state index >= 15 is 0 Å². The molecule has 0 bridgehead atoms. The third kappa shape index (κ3) is 3.01. The van der Waals surface area contributed by atoms with E-state index < -0.39 is 0 Å². The summed E-state index contributed by atoms with van der Waals surface area (Å²) >= 11 is 0. The van der Waals surface area contributed by atoms with Gasteiger partial charge >= 0.3 is 0 Å². The first-order valence-electron chi connectivity index (χ1n) is 7.56. The lowest BCUT2D eigenvalue weighted by Gasteiger charge is -2.27. The predicted molar refractivity (Wildman–Crippen MR) is 82.8 cm³/mol. The highest BCUT2D eigenvalue weighted by Gasteiger charge is 2.26. The van der Waals surface area contributed by atoms with Crippen LogP contribution in [-0.2, 0) is 4.74 Å². The molecule has 1 saturated heterocycles. The minimum absolute atomic E-state index is 0.510. The van der Waals surface area contributed by atoms with E-state index in [1.165, 1.54) is 18.4 Å². The molecule has 1 fully saturated rings. The van der Waals surface area contributed by atoms with Gasteiger partial charge in [-0.15, -0.1) is 0 Å². The number of aryl methyl sites for hydroxylation is 1. The summed E-state index contributed by atoms with van der Waals surface area (Å²) in [6.07, 6.45) is 4.06. The number of hydrogen-bond donors (Lipinski definition) is 1. The van der Waals surface area contributed by atoms with Gasteiger partial charge in [0.2, 0.25) is 0 Å². The lowest BCUT2D eigenvalue weighted by molar-refractivity contribution is 0.199. The topological polar surface area (TPSA) is 54.7 Å². The third-order valence-electron chi connectivity index (χ3n) is 4.04. The molecule has 0 radical (unpaired) electrons. The number of nitrogens with zero attached hydrogens (tertiary/aromatic N) is 4. The fourth-order valence-electron chi connectivity index (χ4n) is 3.03. The second kappa shape index (κ2) is 6.41. The van der Waals surface area contributed by atoms with Crippen LogP contribution in [0, 0.1) is 6.92 Å². The Labute approximate surface area is 125 Å². The van der Waals surface area contributed by atoms with Gasteiger partial charge in [0.1, 0.15) is 12.1 Å². The molecule has 1 atom stereocenters. The van der Waals surface area contributed by atoms with Gasteiger partial charge in [0, 0.05) is 32.8 Å². The molecule has 6 heteroatoms. The Morgan fingerprint density at radius 1 is 1.43 bits per heavy atom. The second-order valence-corrected chi connectivity index (χ2v) is 5.61. The van der Waals surface area contributed by atoms with Crippen LogP contribution in [0.2, 0.25) is 0 Å². The van der Waals surface area contributed by atoms with Crippen LogP contribution in [-0.4, -0.2) is 54.0 Å². The number of nitrogens with one attached hydrogen (secondary N) is 1. The molecule has 3 rings (SSSR count).